The van der Waals surface area contributed by atoms with E-state index < -0.39 is 0 Å². The van der Waals surface area contributed by atoms with Gasteiger partial charge in [0.15, 0.2) is 37.9 Å². The number of hydrogen-bond acceptors (Lipinski definition) is 4. The van der Waals surface area contributed by atoms with Crippen molar-refractivity contribution in [2.75, 3.05) is 53.5 Å². The molecule has 2 fully saturated rings. The highest BCUT2D eigenvalue weighted by atomic mass is 35.5. The van der Waals surface area contributed by atoms with Gasteiger partial charge in [-0.3, -0.25) is 9.80 Å². The number of fused-ring (bicyclic) bond motifs is 8. The van der Waals surface area contributed by atoms with E-state index in [1.165, 1.54) is 128 Å². The number of H-pyrrole nitrogens is 2. The topological polar surface area (TPSA) is 64.3 Å². The Bertz CT molecular complexity index is 2670. The maximum absolute atomic E-state index is 5.58. The maximum Gasteiger partial charge on any atom is 0.176 e. The van der Waals surface area contributed by atoms with Crippen molar-refractivity contribution in [2.24, 2.45) is 11.8 Å². The third-order valence-corrected chi connectivity index (χ3v) is 14.4. The Morgan fingerprint density at radius 1 is 0.533 bits per heavy atom. The van der Waals surface area contributed by atoms with Crippen molar-refractivity contribution in [3.05, 3.63) is 95.6 Å². The molecule has 60 heavy (non-hydrogen) atoms. The molecule has 0 amide bonds. The largest absolute Gasteiger partial charge is 1.00 e. The van der Waals surface area contributed by atoms with Crippen molar-refractivity contribution in [1.82, 2.24) is 19.8 Å². The molecule has 10 heteroatoms. The molecule has 0 radical (unpaired) electrons. The minimum Gasteiger partial charge on any atom is -1.00 e. The molecule has 6 heterocycles. The van der Waals surface area contributed by atoms with Crippen LogP contribution in [0.1, 0.15) is 47.9 Å². The molecule has 2 aliphatic heterocycles. The molecule has 2 N–H and O–H groups in total. The first-order valence-corrected chi connectivity index (χ1v) is 21.6. The van der Waals surface area contributed by atoms with Crippen molar-refractivity contribution in [3.63, 3.8) is 0 Å². The van der Waals surface area contributed by atoms with Crippen molar-refractivity contribution in [1.29, 1.82) is 0 Å². The molecule has 314 valence electrons. The molecule has 10 rings (SSSR count). The van der Waals surface area contributed by atoms with Crippen LogP contribution in [-0.2, 0) is 13.1 Å². The summed E-state index contributed by atoms with van der Waals surface area (Å²) >= 11 is 0. The summed E-state index contributed by atoms with van der Waals surface area (Å²) in [5.41, 5.74) is 10.1. The summed E-state index contributed by atoms with van der Waals surface area (Å²) in [5.74, 6) is 3.54. The number of benzene rings is 4. The molecule has 8 nitrogen and oxygen atoms in total. The zero-order chi connectivity index (χ0) is 39.7. The van der Waals surface area contributed by atoms with Gasteiger partial charge in [-0.05, 0) is 161 Å². The molecule has 4 aromatic heterocycles. The summed E-state index contributed by atoms with van der Waals surface area (Å²) in [4.78, 5) is 12.8. The lowest BCUT2D eigenvalue weighted by Gasteiger charge is -2.39. The monoisotopic (exact) mass is 844 g/mol. The van der Waals surface area contributed by atoms with Crippen LogP contribution in [0.15, 0.2) is 73.3 Å². The fourth-order valence-corrected chi connectivity index (χ4v) is 10.9. The lowest BCUT2D eigenvalue weighted by molar-refractivity contribution is -0.695. The van der Waals surface area contributed by atoms with E-state index in [-0.39, 0.29) is 24.8 Å². The SMILES string of the molecule is COc1ccc2[nH]c3c(C)c4cc[n+](CCN5CCC(C6CCN(CC[n+]7ccc8c(C)c9[nH]c%10ccc(OC)cc%10c9c(C)c8c7)CC6)CC5)cc4c(C)c3c2c1.[Cl-].[Cl-]. The average molecular weight is 846 g/mol. The number of hydrogen-bond donors (Lipinski definition) is 2. The van der Waals surface area contributed by atoms with Crippen LogP contribution in [0.4, 0.5) is 0 Å². The van der Waals surface area contributed by atoms with E-state index in [0.29, 0.717) is 0 Å². The van der Waals surface area contributed by atoms with E-state index in [4.69, 9.17) is 9.47 Å². The van der Waals surface area contributed by atoms with Crippen LogP contribution in [0.2, 0.25) is 0 Å². The molecule has 0 spiro atoms. The first kappa shape index (κ1) is 42.1. The van der Waals surface area contributed by atoms with Gasteiger partial charge < -0.3 is 44.3 Å². The van der Waals surface area contributed by atoms with Crippen LogP contribution < -0.4 is 43.4 Å². The Labute approximate surface area is 365 Å². The second-order valence-corrected chi connectivity index (χ2v) is 17.5. The highest BCUT2D eigenvalue weighted by Crippen LogP contribution is 2.39. The summed E-state index contributed by atoms with van der Waals surface area (Å²) in [6, 6.07) is 17.3. The predicted octanol–water partition coefficient (Wildman–Crippen LogP) is 3.22. The third-order valence-electron chi connectivity index (χ3n) is 14.4. The van der Waals surface area contributed by atoms with Crippen molar-refractivity contribution in [3.8, 4) is 11.5 Å². The zero-order valence-corrected chi connectivity index (χ0v) is 37.4. The van der Waals surface area contributed by atoms with Gasteiger partial charge in [-0.15, -0.1) is 0 Å². The van der Waals surface area contributed by atoms with Gasteiger partial charge in [-0.2, -0.15) is 0 Å². The maximum atomic E-state index is 5.58. The van der Waals surface area contributed by atoms with E-state index in [2.05, 4.69) is 118 Å². The van der Waals surface area contributed by atoms with Gasteiger partial charge in [-0.25, -0.2) is 9.13 Å². The van der Waals surface area contributed by atoms with Gasteiger partial charge in [0.2, 0.25) is 0 Å². The van der Waals surface area contributed by atoms with Gasteiger partial charge in [0.25, 0.3) is 0 Å². The molecule has 0 bridgehead atoms. The Balaban J connectivity index is 0.00000249. The van der Waals surface area contributed by atoms with Gasteiger partial charge in [0.05, 0.1) is 38.3 Å². The molecule has 8 aromatic rings. The van der Waals surface area contributed by atoms with E-state index in [1.807, 2.05) is 12.1 Å². The molecule has 0 aliphatic carbocycles. The number of rotatable bonds is 9. The van der Waals surface area contributed by atoms with Gasteiger partial charge in [-0.1, -0.05) is 0 Å². The second kappa shape index (κ2) is 17.0. The number of aromatic amines is 2. The number of ether oxygens (including phenoxy) is 2. The molecule has 0 saturated carbocycles. The van der Waals surface area contributed by atoms with E-state index in [0.717, 1.165) is 60.5 Å². The Hall–Kier alpha value is -4.60. The summed E-state index contributed by atoms with van der Waals surface area (Å²) in [5, 5.41) is 10.5. The first-order valence-electron chi connectivity index (χ1n) is 21.6. The zero-order valence-electron chi connectivity index (χ0n) is 35.9. The fourth-order valence-electron chi connectivity index (χ4n) is 10.9. The predicted molar refractivity (Wildman–Crippen MR) is 237 cm³/mol. The number of halogens is 2. The minimum atomic E-state index is 0. The first-order chi connectivity index (χ1) is 28.3. The Kier molecular flexibility index (Phi) is 12.0. The highest BCUT2D eigenvalue weighted by molar-refractivity contribution is 6.17. The van der Waals surface area contributed by atoms with Gasteiger partial charge in [0, 0.05) is 55.5 Å². The number of pyridine rings is 2. The van der Waals surface area contributed by atoms with Crippen LogP contribution in [0.5, 0.6) is 11.5 Å². The van der Waals surface area contributed by atoms with Crippen LogP contribution in [0.3, 0.4) is 0 Å². The molecule has 2 aliphatic rings. The van der Waals surface area contributed by atoms with Gasteiger partial charge >= 0.3 is 0 Å². The molecule has 0 atom stereocenters. The standard InChI is InChI=1S/C50H56N6O2.2ClH/c1-31-43-29-55(21-15-39(43)33(3)49-47(31)41-27-37(57-5)7-9-45(41)51-49)25-23-53-17-11-35(12-18-53)36-13-19-54(20-14-36)24-26-56-22-16-40-34(4)50-48(32(2)44(40)30-56)42-28-38(58-6)8-10-46(42)52-50;;/h7-10,15-16,21-22,27-30,35-36H,11-14,17-20,23-26H2,1-6H3;2*1H. The quantitative estimate of drug-likeness (QED) is 0.220. The molecular formula is C50H58Cl2N6O2. The third kappa shape index (κ3) is 7.33. The summed E-state index contributed by atoms with van der Waals surface area (Å²) < 4.78 is 16.0. The number of nitrogens with one attached hydrogen (secondary N) is 2. The van der Waals surface area contributed by atoms with Crippen LogP contribution in [0, 0.1) is 39.5 Å². The molecule has 2 saturated heterocycles. The Morgan fingerprint density at radius 3 is 1.32 bits per heavy atom. The smallest absolute Gasteiger partial charge is 0.176 e. The number of aromatic nitrogens is 4. The lowest BCUT2D eigenvalue weighted by atomic mass is 9.79. The summed E-state index contributed by atoms with van der Waals surface area (Å²) in [6.07, 6.45) is 14.7. The minimum absolute atomic E-state index is 0. The summed E-state index contributed by atoms with van der Waals surface area (Å²) in [6.45, 7) is 18.2. The number of aryl methyl sites for hydroxylation is 4. The lowest BCUT2D eigenvalue weighted by Crippen LogP contribution is -3.00. The second-order valence-electron chi connectivity index (χ2n) is 17.5. The molecular weight excluding hydrogens is 787 g/mol. The van der Waals surface area contributed by atoms with E-state index in [9.17, 15) is 0 Å². The molecule has 0 unspecified atom stereocenters. The highest BCUT2D eigenvalue weighted by Gasteiger charge is 2.30. The number of nitrogens with zero attached hydrogens (tertiary/aromatic N) is 4. The number of likely N-dealkylation sites (tertiary alicyclic amines) is 2. The molecule has 4 aromatic carbocycles. The average Bonchev–Trinajstić information content (AvgIpc) is 3.85. The van der Waals surface area contributed by atoms with Crippen LogP contribution in [0.25, 0.3) is 65.2 Å². The van der Waals surface area contributed by atoms with Crippen LogP contribution in [-0.4, -0.2) is 73.3 Å². The Morgan fingerprint density at radius 2 is 0.933 bits per heavy atom. The van der Waals surface area contributed by atoms with Crippen molar-refractivity contribution < 1.29 is 43.4 Å². The van der Waals surface area contributed by atoms with Gasteiger partial charge in [0.1, 0.15) is 11.5 Å². The van der Waals surface area contributed by atoms with Crippen LogP contribution >= 0.6 is 0 Å². The summed E-state index contributed by atoms with van der Waals surface area (Å²) in [7, 11) is 3.49. The normalized spacial score (nSPS) is 16.0. The van der Waals surface area contributed by atoms with E-state index in [1.54, 1.807) is 14.2 Å². The van der Waals surface area contributed by atoms with E-state index >= 15 is 0 Å². The van der Waals surface area contributed by atoms with Crippen molar-refractivity contribution in [2.45, 2.75) is 66.5 Å². The van der Waals surface area contributed by atoms with Crippen molar-refractivity contribution >= 4 is 65.2 Å². The fraction of sp³-hybridized carbons (Fsp3) is 0.400. The number of piperidine rings is 2. The number of methoxy groups -OCH3 is 2.